The van der Waals surface area contributed by atoms with E-state index in [0.29, 0.717) is 12.1 Å². The fourth-order valence-electron chi connectivity index (χ4n) is 2.84. The van der Waals surface area contributed by atoms with Gasteiger partial charge in [0.25, 0.3) is 0 Å². The maximum absolute atomic E-state index is 5.53. The molecule has 0 bridgehead atoms. The number of rotatable bonds is 5. The molecular weight excluding hydrogens is 210 g/mol. The van der Waals surface area contributed by atoms with Gasteiger partial charge >= 0.3 is 0 Å². The number of hydrogen-bond acceptors (Lipinski definition) is 2. The maximum atomic E-state index is 5.53. The van der Waals surface area contributed by atoms with E-state index in [-0.39, 0.29) is 0 Å². The molecule has 0 saturated carbocycles. The Hall–Kier alpha value is -0.760. The summed E-state index contributed by atoms with van der Waals surface area (Å²) in [6, 6.07) is 3.25. The summed E-state index contributed by atoms with van der Waals surface area (Å²) in [7, 11) is 0. The first-order valence-electron chi connectivity index (χ1n) is 7.03. The first-order chi connectivity index (χ1) is 8.20. The van der Waals surface area contributed by atoms with E-state index >= 15 is 0 Å². The smallest absolute Gasteiger partial charge is 0.108 e. The van der Waals surface area contributed by atoms with Crippen molar-refractivity contribution in [2.75, 3.05) is 0 Å². The van der Waals surface area contributed by atoms with Gasteiger partial charge in [0, 0.05) is 24.1 Å². The van der Waals surface area contributed by atoms with Crippen LogP contribution < -0.4 is 5.32 Å². The van der Waals surface area contributed by atoms with Crippen molar-refractivity contribution < 1.29 is 4.42 Å². The van der Waals surface area contributed by atoms with Crippen LogP contribution in [0.1, 0.15) is 63.8 Å². The molecule has 0 fully saturated rings. The third-order valence-corrected chi connectivity index (χ3v) is 3.99. The fraction of sp³-hybridized carbons (Fsp3) is 0.733. The second-order valence-corrected chi connectivity index (χ2v) is 5.56. The third-order valence-electron chi connectivity index (χ3n) is 3.99. The van der Waals surface area contributed by atoms with Crippen molar-refractivity contribution in [3.8, 4) is 0 Å². The quantitative estimate of drug-likeness (QED) is 0.832. The molecule has 0 saturated heterocycles. The molecule has 96 valence electrons. The first-order valence-corrected chi connectivity index (χ1v) is 7.03. The van der Waals surface area contributed by atoms with Gasteiger partial charge in [-0.2, -0.15) is 0 Å². The molecule has 0 aromatic carbocycles. The van der Waals surface area contributed by atoms with Gasteiger partial charge in [0.2, 0.25) is 0 Å². The van der Waals surface area contributed by atoms with Crippen LogP contribution in [0.2, 0.25) is 0 Å². The Labute approximate surface area is 105 Å². The second-order valence-electron chi connectivity index (χ2n) is 5.56. The molecule has 1 aliphatic rings. The van der Waals surface area contributed by atoms with Gasteiger partial charge in [0.05, 0.1) is 6.26 Å². The summed E-state index contributed by atoms with van der Waals surface area (Å²) >= 11 is 0. The van der Waals surface area contributed by atoms with Crippen LogP contribution in [0, 0.1) is 5.92 Å². The summed E-state index contributed by atoms with van der Waals surface area (Å²) in [5, 5.41) is 3.77. The lowest BCUT2D eigenvalue weighted by Crippen LogP contribution is -2.33. The largest absolute Gasteiger partial charge is 0.469 e. The van der Waals surface area contributed by atoms with Crippen LogP contribution in [-0.4, -0.2) is 6.04 Å². The van der Waals surface area contributed by atoms with Crippen LogP contribution in [0.15, 0.2) is 16.7 Å². The van der Waals surface area contributed by atoms with Crippen LogP contribution in [0.4, 0.5) is 0 Å². The van der Waals surface area contributed by atoms with E-state index in [4.69, 9.17) is 4.42 Å². The Morgan fingerprint density at radius 2 is 2.29 bits per heavy atom. The highest BCUT2D eigenvalue weighted by atomic mass is 16.3. The molecule has 0 spiro atoms. The van der Waals surface area contributed by atoms with Gasteiger partial charge in [-0.25, -0.2) is 0 Å². The summed E-state index contributed by atoms with van der Waals surface area (Å²) < 4.78 is 5.53. The number of hydrogen-bond donors (Lipinski definition) is 1. The summed E-state index contributed by atoms with van der Waals surface area (Å²) in [6.07, 6.45) is 7.98. The summed E-state index contributed by atoms with van der Waals surface area (Å²) in [4.78, 5) is 0. The van der Waals surface area contributed by atoms with Crippen LogP contribution >= 0.6 is 0 Å². The Kier molecular flexibility index (Phi) is 4.27. The highest BCUT2D eigenvalue weighted by Gasteiger charge is 2.23. The minimum absolute atomic E-state index is 0.511. The van der Waals surface area contributed by atoms with Crippen LogP contribution in [0.3, 0.4) is 0 Å². The van der Waals surface area contributed by atoms with Gasteiger partial charge in [0.15, 0.2) is 0 Å². The normalized spacial score (nSPS) is 23.1. The fourth-order valence-corrected chi connectivity index (χ4v) is 2.84. The number of fused-ring (bicyclic) bond motifs is 1. The Morgan fingerprint density at radius 1 is 1.47 bits per heavy atom. The van der Waals surface area contributed by atoms with E-state index in [1.54, 1.807) is 0 Å². The van der Waals surface area contributed by atoms with Gasteiger partial charge in [-0.05, 0) is 38.2 Å². The molecule has 2 rings (SSSR count). The second kappa shape index (κ2) is 5.72. The Bertz CT molecular complexity index is 344. The van der Waals surface area contributed by atoms with Gasteiger partial charge in [-0.3, -0.25) is 0 Å². The molecule has 2 heteroatoms. The van der Waals surface area contributed by atoms with E-state index in [1.807, 2.05) is 6.26 Å². The van der Waals surface area contributed by atoms with Crippen molar-refractivity contribution in [2.45, 2.75) is 65.0 Å². The van der Waals surface area contributed by atoms with E-state index in [1.165, 1.54) is 37.0 Å². The van der Waals surface area contributed by atoms with E-state index in [2.05, 4.69) is 32.2 Å². The first kappa shape index (κ1) is 12.7. The monoisotopic (exact) mass is 235 g/mol. The average Bonchev–Trinajstić information content (AvgIpc) is 2.78. The minimum atomic E-state index is 0.511. The Morgan fingerprint density at radius 3 is 3.06 bits per heavy atom. The zero-order valence-electron chi connectivity index (χ0n) is 11.3. The number of furan rings is 1. The SMILES string of the molecule is CCC(C)CC(C)NC1CCCc2occc21. The molecule has 0 amide bonds. The van der Waals surface area contributed by atoms with E-state index < -0.39 is 0 Å². The van der Waals surface area contributed by atoms with Gasteiger partial charge < -0.3 is 9.73 Å². The van der Waals surface area contributed by atoms with Crippen molar-refractivity contribution in [1.29, 1.82) is 0 Å². The Balaban J connectivity index is 1.92. The molecule has 1 aromatic heterocycles. The van der Waals surface area contributed by atoms with Crippen LogP contribution in [0.5, 0.6) is 0 Å². The number of nitrogens with one attached hydrogen (secondary N) is 1. The standard InChI is InChI=1S/C15H25NO/c1-4-11(2)10-12(3)16-14-6-5-7-15-13(14)8-9-17-15/h8-9,11-12,14,16H,4-7,10H2,1-3H3. The summed E-state index contributed by atoms with van der Waals surface area (Å²) in [5.41, 5.74) is 1.40. The van der Waals surface area contributed by atoms with Crippen molar-refractivity contribution in [2.24, 2.45) is 5.92 Å². The minimum Gasteiger partial charge on any atom is -0.469 e. The van der Waals surface area contributed by atoms with Crippen molar-refractivity contribution >= 4 is 0 Å². The van der Waals surface area contributed by atoms with Crippen molar-refractivity contribution in [1.82, 2.24) is 5.32 Å². The lowest BCUT2D eigenvalue weighted by Gasteiger charge is -2.27. The molecule has 17 heavy (non-hydrogen) atoms. The molecule has 1 N–H and O–H groups in total. The lowest BCUT2D eigenvalue weighted by molar-refractivity contribution is 0.343. The highest BCUT2D eigenvalue weighted by Crippen LogP contribution is 2.31. The molecule has 0 radical (unpaired) electrons. The molecule has 1 aliphatic carbocycles. The van der Waals surface area contributed by atoms with Crippen molar-refractivity contribution in [3.05, 3.63) is 23.7 Å². The molecule has 1 heterocycles. The van der Waals surface area contributed by atoms with Crippen LogP contribution in [0.25, 0.3) is 0 Å². The molecule has 0 aliphatic heterocycles. The molecule has 1 aromatic rings. The molecular formula is C15H25NO. The topological polar surface area (TPSA) is 25.2 Å². The zero-order chi connectivity index (χ0) is 12.3. The van der Waals surface area contributed by atoms with Crippen LogP contribution in [-0.2, 0) is 6.42 Å². The molecule has 3 unspecified atom stereocenters. The summed E-state index contributed by atoms with van der Waals surface area (Å²) in [5.74, 6) is 2.01. The summed E-state index contributed by atoms with van der Waals surface area (Å²) in [6.45, 7) is 6.91. The van der Waals surface area contributed by atoms with Gasteiger partial charge in [-0.15, -0.1) is 0 Å². The lowest BCUT2D eigenvalue weighted by atomic mass is 9.92. The predicted molar refractivity (Wildman–Crippen MR) is 71.1 cm³/mol. The zero-order valence-corrected chi connectivity index (χ0v) is 11.3. The highest BCUT2D eigenvalue weighted by molar-refractivity contribution is 5.24. The average molecular weight is 235 g/mol. The van der Waals surface area contributed by atoms with E-state index in [9.17, 15) is 0 Å². The van der Waals surface area contributed by atoms with Crippen molar-refractivity contribution in [3.63, 3.8) is 0 Å². The molecule has 2 nitrogen and oxygen atoms in total. The number of aryl methyl sites for hydroxylation is 1. The maximum Gasteiger partial charge on any atom is 0.108 e. The predicted octanol–water partition coefficient (Wildman–Crippen LogP) is 4.07. The van der Waals surface area contributed by atoms with Gasteiger partial charge in [-0.1, -0.05) is 20.3 Å². The third kappa shape index (κ3) is 3.12. The van der Waals surface area contributed by atoms with E-state index in [0.717, 1.165) is 12.3 Å². The van der Waals surface area contributed by atoms with Gasteiger partial charge in [0.1, 0.15) is 5.76 Å². The molecule has 3 atom stereocenters.